The van der Waals surface area contributed by atoms with Gasteiger partial charge in [-0.25, -0.2) is 5.43 Å². The molecule has 0 radical (unpaired) electrons. The van der Waals surface area contributed by atoms with E-state index in [9.17, 15) is 14.4 Å². The molecule has 25 heavy (non-hydrogen) atoms. The minimum absolute atomic E-state index is 0.158. The molecule has 0 bridgehead atoms. The number of nitrogens with zero attached hydrogens (tertiary/aromatic N) is 1. The van der Waals surface area contributed by atoms with E-state index in [4.69, 9.17) is 9.52 Å². The summed E-state index contributed by atoms with van der Waals surface area (Å²) in [4.78, 5) is 34.2. The Morgan fingerprint density at radius 1 is 1.12 bits per heavy atom. The maximum atomic E-state index is 12.2. The summed E-state index contributed by atoms with van der Waals surface area (Å²) in [6.45, 7) is 0. The molecule has 2 rings (SSSR count). The van der Waals surface area contributed by atoms with Gasteiger partial charge in [0.15, 0.2) is 0 Å². The molecule has 0 atom stereocenters. The van der Waals surface area contributed by atoms with Crippen molar-refractivity contribution in [2.24, 2.45) is 5.10 Å². The summed E-state index contributed by atoms with van der Waals surface area (Å²) in [5.74, 6) is -1.05. The molecule has 0 spiro atoms. The van der Waals surface area contributed by atoms with E-state index in [2.05, 4.69) is 10.5 Å². The number of fused-ring (bicyclic) bond motifs is 1. The Morgan fingerprint density at radius 2 is 1.84 bits per heavy atom. The highest BCUT2D eigenvalue weighted by molar-refractivity contribution is 5.87. The minimum Gasteiger partial charge on any atom is -0.481 e. The van der Waals surface area contributed by atoms with Gasteiger partial charge in [0, 0.05) is 12.8 Å². The van der Waals surface area contributed by atoms with Crippen LogP contribution in [0.5, 0.6) is 0 Å². The number of carbonyl (C=O) groups excluding carboxylic acids is 1. The zero-order chi connectivity index (χ0) is 18.1. The first-order valence-corrected chi connectivity index (χ1v) is 8.12. The van der Waals surface area contributed by atoms with E-state index in [1.54, 1.807) is 24.3 Å². The number of benzene rings is 1. The number of carboxylic acids is 1. The van der Waals surface area contributed by atoms with Crippen molar-refractivity contribution in [3.8, 4) is 0 Å². The Balaban J connectivity index is 1.77. The molecule has 7 heteroatoms. The number of carboxylic acid groups (broad SMARTS) is 1. The SMILES string of the molecule is O=C(O)CCCCCCC(=O)N/N=C/c1coc2ccccc2c1=O. The number of aliphatic carboxylic acids is 1. The summed E-state index contributed by atoms with van der Waals surface area (Å²) in [7, 11) is 0. The lowest BCUT2D eigenvalue weighted by atomic mass is 10.1. The van der Waals surface area contributed by atoms with Crippen molar-refractivity contribution in [1.29, 1.82) is 0 Å². The first kappa shape index (κ1) is 18.4. The fraction of sp³-hybridized carbons (Fsp3) is 0.333. The van der Waals surface area contributed by atoms with Gasteiger partial charge < -0.3 is 9.52 Å². The van der Waals surface area contributed by atoms with Crippen LogP contribution >= 0.6 is 0 Å². The van der Waals surface area contributed by atoms with Gasteiger partial charge in [-0.05, 0) is 25.0 Å². The smallest absolute Gasteiger partial charge is 0.303 e. The molecule has 0 unspecified atom stereocenters. The predicted molar refractivity (Wildman–Crippen MR) is 93.6 cm³/mol. The number of rotatable bonds is 9. The molecule has 2 aromatic rings. The summed E-state index contributed by atoms with van der Waals surface area (Å²) in [6.07, 6.45) is 5.89. The second-order valence-corrected chi connectivity index (χ2v) is 5.62. The second kappa shape index (κ2) is 9.36. The standard InChI is InChI=1S/C18H20N2O5/c21-16(9-3-1-2-4-10-17(22)23)20-19-11-13-12-25-15-8-6-5-7-14(15)18(13)24/h5-8,11-12H,1-4,9-10H2,(H,20,21)(H,22,23)/b19-11+. The van der Waals surface area contributed by atoms with E-state index >= 15 is 0 Å². The lowest BCUT2D eigenvalue weighted by Gasteiger charge is -2.00. The zero-order valence-electron chi connectivity index (χ0n) is 13.7. The zero-order valence-corrected chi connectivity index (χ0v) is 13.7. The van der Waals surface area contributed by atoms with Crippen molar-refractivity contribution in [3.05, 3.63) is 46.3 Å². The van der Waals surface area contributed by atoms with Crippen LogP contribution < -0.4 is 10.9 Å². The van der Waals surface area contributed by atoms with Crippen LogP contribution in [0.3, 0.4) is 0 Å². The molecule has 1 amide bonds. The number of nitrogens with one attached hydrogen (secondary N) is 1. The van der Waals surface area contributed by atoms with Crippen LogP contribution in [0.25, 0.3) is 11.0 Å². The van der Waals surface area contributed by atoms with Crippen molar-refractivity contribution in [2.45, 2.75) is 38.5 Å². The third-order valence-electron chi connectivity index (χ3n) is 3.64. The monoisotopic (exact) mass is 344 g/mol. The van der Waals surface area contributed by atoms with E-state index in [1.165, 1.54) is 12.5 Å². The van der Waals surface area contributed by atoms with Crippen LogP contribution in [-0.4, -0.2) is 23.2 Å². The second-order valence-electron chi connectivity index (χ2n) is 5.62. The van der Waals surface area contributed by atoms with E-state index in [1.807, 2.05) is 0 Å². The molecule has 0 saturated heterocycles. The summed E-state index contributed by atoms with van der Waals surface area (Å²) in [5, 5.41) is 12.8. The first-order chi connectivity index (χ1) is 12.1. The van der Waals surface area contributed by atoms with Gasteiger partial charge in [-0.3, -0.25) is 14.4 Å². The van der Waals surface area contributed by atoms with Crippen LogP contribution in [0.2, 0.25) is 0 Å². The summed E-state index contributed by atoms with van der Waals surface area (Å²) >= 11 is 0. The predicted octanol–water partition coefficient (Wildman–Crippen LogP) is 2.67. The Hall–Kier alpha value is -2.96. The average Bonchev–Trinajstić information content (AvgIpc) is 2.60. The topological polar surface area (TPSA) is 109 Å². The van der Waals surface area contributed by atoms with E-state index < -0.39 is 5.97 Å². The molecular weight excluding hydrogens is 324 g/mol. The molecule has 0 aliphatic rings. The highest BCUT2D eigenvalue weighted by atomic mass is 16.4. The maximum absolute atomic E-state index is 12.2. The number of carbonyl (C=O) groups is 2. The summed E-state index contributed by atoms with van der Waals surface area (Å²) in [5.41, 5.74) is 2.92. The molecule has 1 aromatic carbocycles. The van der Waals surface area contributed by atoms with Crippen LogP contribution in [0.1, 0.15) is 44.1 Å². The van der Waals surface area contributed by atoms with Gasteiger partial charge in [-0.2, -0.15) is 5.10 Å². The van der Waals surface area contributed by atoms with Gasteiger partial charge in [0.25, 0.3) is 0 Å². The van der Waals surface area contributed by atoms with Crippen LogP contribution in [0.4, 0.5) is 0 Å². The van der Waals surface area contributed by atoms with Gasteiger partial charge >= 0.3 is 5.97 Å². The molecule has 0 aliphatic carbocycles. The molecular formula is C18H20N2O5. The number of hydrazone groups is 1. The molecule has 2 N–H and O–H groups in total. The van der Waals surface area contributed by atoms with Crippen molar-refractivity contribution < 1.29 is 19.1 Å². The van der Waals surface area contributed by atoms with Gasteiger partial charge in [-0.15, -0.1) is 0 Å². The highest BCUT2D eigenvalue weighted by Crippen LogP contribution is 2.09. The van der Waals surface area contributed by atoms with Crippen molar-refractivity contribution in [3.63, 3.8) is 0 Å². The third-order valence-corrected chi connectivity index (χ3v) is 3.64. The Morgan fingerprint density at radius 3 is 2.60 bits per heavy atom. The number of para-hydroxylation sites is 1. The van der Waals surface area contributed by atoms with E-state index in [-0.39, 0.29) is 23.3 Å². The lowest BCUT2D eigenvalue weighted by molar-refractivity contribution is -0.137. The summed E-state index contributed by atoms with van der Waals surface area (Å²) < 4.78 is 5.35. The molecule has 0 saturated carbocycles. The number of amides is 1. The van der Waals surface area contributed by atoms with Crippen molar-refractivity contribution >= 4 is 29.1 Å². The number of unbranched alkanes of at least 4 members (excludes halogenated alkanes) is 3. The molecule has 132 valence electrons. The van der Waals surface area contributed by atoms with Crippen molar-refractivity contribution in [2.75, 3.05) is 0 Å². The van der Waals surface area contributed by atoms with Crippen LogP contribution in [0, 0.1) is 0 Å². The molecule has 1 heterocycles. The Bertz CT molecular complexity index is 826. The highest BCUT2D eigenvalue weighted by Gasteiger charge is 2.05. The first-order valence-electron chi connectivity index (χ1n) is 8.12. The third kappa shape index (κ3) is 5.87. The molecule has 1 aromatic heterocycles. The fourth-order valence-corrected chi connectivity index (χ4v) is 2.33. The van der Waals surface area contributed by atoms with Crippen LogP contribution in [-0.2, 0) is 9.59 Å². The Kier molecular flexibility index (Phi) is 6.88. The largest absolute Gasteiger partial charge is 0.481 e. The molecule has 0 aliphatic heterocycles. The summed E-state index contributed by atoms with van der Waals surface area (Å²) in [6, 6.07) is 6.90. The van der Waals surface area contributed by atoms with Gasteiger partial charge in [-0.1, -0.05) is 25.0 Å². The van der Waals surface area contributed by atoms with Gasteiger partial charge in [0.2, 0.25) is 11.3 Å². The number of hydrogen-bond donors (Lipinski definition) is 2. The van der Waals surface area contributed by atoms with Crippen LogP contribution in [0.15, 0.2) is 44.8 Å². The lowest BCUT2D eigenvalue weighted by Crippen LogP contribution is -2.18. The average molecular weight is 344 g/mol. The van der Waals surface area contributed by atoms with E-state index in [0.717, 1.165) is 12.8 Å². The van der Waals surface area contributed by atoms with Gasteiger partial charge in [0.05, 0.1) is 17.2 Å². The fourth-order valence-electron chi connectivity index (χ4n) is 2.33. The van der Waals surface area contributed by atoms with E-state index in [0.29, 0.717) is 30.2 Å². The Labute approximate surface area is 144 Å². The minimum atomic E-state index is -0.801. The quantitative estimate of drug-likeness (QED) is 0.413. The van der Waals surface area contributed by atoms with Gasteiger partial charge in [0.1, 0.15) is 11.8 Å². The normalized spacial score (nSPS) is 11.0. The maximum Gasteiger partial charge on any atom is 0.303 e. The number of hydrogen-bond acceptors (Lipinski definition) is 5. The van der Waals surface area contributed by atoms with Crippen molar-refractivity contribution in [1.82, 2.24) is 5.43 Å². The molecule has 7 nitrogen and oxygen atoms in total. The molecule has 0 fully saturated rings.